The Morgan fingerprint density at radius 3 is 1.74 bits per heavy atom. The molecule has 3 unspecified atom stereocenters. The van der Waals surface area contributed by atoms with E-state index in [2.05, 4.69) is 135 Å². The van der Waals surface area contributed by atoms with Crippen LogP contribution in [0.1, 0.15) is 100.0 Å². The maximum absolute atomic E-state index is 7.11. The second-order valence-corrected chi connectivity index (χ2v) is 12.8. The number of benzene rings is 4. The number of aryl methyl sites for hydroxylation is 1. The third-order valence-corrected chi connectivity index (χ3v) is 10.4. The highest BCUT2D eigenvalue weighted by molar-refractivity contribution is 5.39. The molecule has 1 aliphatic rings. The van der Waals surface area contributed by atoms with Gasteiger partial charge in [-0.15, -0.1) is 0 Å². The lowest BCUT2D eigenvalue weighted by Crippen LogP contribution is -2.38. The van der Waals surface area contributed by atoms with Gasteiger partial charge in [0, 0.05) is 12.0 Å². The van der Waals surface area contributed by atoms with Crippen molar-refractivity contribution in [2.75, 3.05) is 6.61 Å². The van der Waals surface area contributed by atoms with Crippen LogP contribution in [0.5, 0.6) is 0 Å². The molecule has 0 spiro atoms. The van der Waals surface area contributed by atoms with Gasteiger partial charge in [-0.3, -0.25) is 0 Å². The lowest BCUT2D eigenvalue weighted by Gasteiger charge is -2.45. The quantitative estimate of drug-likeness (QED) is 0.129. The minimum atomic E-state index is -0.0232. The van der Waals surface area contributed by atoms with Gasteiger partial charge in [-0.25, -0.2) is 0 Å². The van der Waals surface area contributed by atoms with Crippen LogP contribution in [0.4, 0.5) is 0 Å². The summed E-state index contributed by atoms with van der Waals surface area (Å²) in [5.74, 6) is 1.73. The molecule has 0 radical (unpaired) electrons. The zero-order valence-corrected chi connectivity index (χ0v) is 26.5. The molecule has 3 atom stereocenters. The van der Waals surface area contributed by atoms with E-state index in [1.54, 1.807) is 0 Å². The lowest BCUT2D eigenvalue weighted by molar-refractivity contribution is -0.0460. The van der Waals surface area contributed by atoms with Crippen LogP contribution in [0.2, 0.25) is 0 Å². The molecule has 226 valence electrons. The maximum atomic E-state index is 7.11. The monoisotopic (exact) mass is 572 g/mol. The first kappa shape index (κ1) is 31.3. The van der Waals surface area contributed by atoms with Gasteiger partial charge < -0.3 is 4.74 Å². The van der Waals surface area contributed by atoms with E-state index in [0.717, 1.165) is 32.3 Å². The van der Waals surface area contributed by atoms with E-state index in [1.165, 1.54) is 60.8 Å². The summed E-state index contributed by atoms with van der Waals surface area (Å²) in [6.45, 7) is 5.63. The first-order valence-electron chi connectivity index (χ1n) is 17.1. The molecule has 43 heavy (non-hydrogen) atoms. The minimum Gasteiger partial charge on any atom is -0.373 e. The summed E-state index contributed by atoms with van der Waals surface area (Å²) in [5.41, 5.74) is 5.63. The second-order valence-electron chi connectivity index (χ2n) is 12.8. The standard InChI is InChI=1S/C42H52O/c1-3-35(33-42(4-2,38-28-16-8-17-29-38)39-30-18-9-19-31-39)40(36-24-12-6-13-25-36)41(37-26-14-7-15-27-37)43-32-20-23-34-21-10-5-11-22-34/h5,7-11,14-19,21-22,26-31,35-36,40-41H,3-4,6,12-13,20,23-25,32-33H2,1-2H3. The molecule has 4 aromatic rings. The molecule has 0 N–H and O–H groups in total. The number of hydrogen-bond donors (Lipinski definition) is 0. The minimum absolute atomic E-state index is 0.0232. The van der Waals surface area contributed by atoms with E-state index >= 15 is 0 Å². The molecule has 1 aliphatic carbocycles. The highest BCUT2D eigenvalue weighted by atomic mass is 16.5. The van der Waals surface area contributed by atoms with Crippen molar-refractivity contribution < 1.29 is 4.74 Å². The Balaban J connectivity index is 1.50. The molecule has 0 amide bonds. The Hall–Kier alpha value is -3.16. The predicted octanol–water partition coefficient (Wildman–Crippen LogP) is 11.4. The normalized spacial score (nSPS) is 16.4. The molecule has 1 fully saturated rings. The molecular formula is C42H52O. The predicted molar refractivity (Wildman–Crippen MR) is 182 cm³/mol. The molecule has 0 bridgehead atoms. The Morgan fingerprint density at radius 2 is 1.21 bits per heavy atom. The van der Waals surface area contributed by atoms with E-state index in [4.69, 9.17) is 4.74 Å². The summed E-state index contributed by atoms with van der Waals surface area (Å²) >= 11 is 0. The average Bonchev–Trinajstić information content (AvgIpc) is 3.09. The Labute approximate surface area is 261 Å². The molecule has 0 heterocycles. The molecule has 1 saturated carbocycles. The van der Waals surface area contributed by atoms with Gasteiger partial charge in [0.2, 0.25) is 0 Å². The average molecular weight is 573 g/mol. The van der Waals surface area contributed by atoms with Gasteiger partial charge in [0.1, 0.15) is 0 Å². The Morgan fingerprint density at radius 1 is 0.674 bits per heavy atom. The van der Waals surface area contributed by atoms with Gasteiger partial charge in [-0.05, 0) is 65.7 Å². The zero-order valence-electron chi connectivity index (χ0n) is 26.5. The van der Waals surface area contributed by atoms with E-state index in [9.17, 15) is 0 Å². The highest BCUT2D eigenvalue weighted by Crippen LogP contribution is 2.50. The number of rotatable bonds is 15. The van der Waals surface area contributed by atoms with Gasteiger partial charge in [-0.2, -0.15) is 0 Å². The summed E-state index contributed by atoms with van der Waals surface area (Å²) in [5, 5.41) is 0. The van der Waals surface area contributed by atoms with Crippen molar-refractivity contribution in [1.29, 1.82) is 0 Å². The molecule has 1 heteroatoms. The van der Waals surface area contributed by atoms with Gasteiger partial charge in [0.15, 0.2) is 0 Å². The lowest BCUT2D eigenvalue weighted by atomic mass is 9.61. The van der Waals surface area contributed by atoms with Crippen molar-refractivity contribution in [1.82, 2.24) is 0 Å². The topological polar surface area (TPSA) is 9.23 Å². The summed E-state index contributed by atoms with van der Waals surface area (Å²) in [6.07, 6.45) is 12.4. The third-order valence-electron chi connectivity index (χ3n) is 10.4. The Bertz CT molecular complexity index is 1250. The first-order valence-corrected chi connectivity index (χ1v) is 17.1. The summed E-state index contributed by atoms with van der Waals surface area (Å²) in [4.78, 5) is 0. The SMILES string of the molecule is CCC(CC(CC)(c1ccccc1)c1ccccc1)C(C1CCCCC1)C(OCCCc1ccccc1)c1ccccc1. The van der Waals surface area contributed by atoms with Crippen molar-refractivity contribution in [3.8, 4) is 0 Å². The van der Waals surface area contributed by atoms with Crippen LogP contribution in [-0.4, -0.2) is 6.61 Å². The third kappa shape index (κ3) is 7.87. The van der Waals surface area contributed by atoms with Crippen LogP contribution in [0.15, 0.2) is 121 Å². The number of hydrogen-bond acceptors (Lipinski definition) is 1. The largest absolute Gasteiger partial charge is 0.373 e. The highest BCUT2D eigenvalue weighted by Gasteiger charge is 2.42. The maximum Gasteiger partial charge on any atom is 0.0858 e. The fourth-order valence-electron chi connectivity index (χ4n) is 8.07. The van der Waals surface area contributed by atoms with Gasteiger partial charge >= 0.3 is 0 Å². The van der Waals surface area contributed by atoms with E-state index in [1.807, 2.05) is 0 Å². The Kier molecular flexibility index (Phi) is 11.7. The first-order chi connectivity index (χ1) is 21.2. The van der Waals surface area contributed by atoms with Crippen molar-refractivity contribution >= 4 is 0 Å². The van der Waals surface area contributed by atoms with Crippen LogP contribution >= 0.6 is 0 Å². The zero-order chi connectivity index (χ0) is 29.7. The van der Waals surface area contributed by atoms with Crippen LogP contribution in [0, 0.1) is 17.8 Å². The molecular weight excluding hydrogens is 520 g/mol. The van der Waals surface area contributed by atoms with Crippen molar-refractivity contribution in [2.45, 2.75) is 89.6 Å². The van der Waals surface area contributed by atoms with E-state index < -0.39 is 0 Å². The number of ether oxygens (including phenoxy) is 1. The van der Waals surface area contributed by atoms with Crippen LogP contribution < -0.4 is 0 Å². The van der Waals surface area contributed by atoms with Crippen LogP contribution in [0.25, 0.3) is 0 Å². The molecule has 0 saturated heterocycles. The van der Waals surface area contributed by atoms with Crippen LogP contribution in [0.3, 0.4) is 0 Å². The molecule has 5 rings (SSSR count). The smallest absolute Gasteiger partial charge is 0.0858 e. The van der Waals surface area contributed by atoms with Gasteiger partial charge in [-0.1, -0.05) is 174 Å². The van der Waals surface area contributed by atoms with Gasteiger partial charge in [0.25, 0.3) is 0 Å². The fraction of sp³-hybridized carbons (Fsp3) is 0.429. The molecule has 0 aliphatic heterocycles. The molecule has 0 aromatic heterocycles. The van der Waals surface area contributed by atoms with E-state index in [-0.39, 0.29) is 11.5 Å². The van der Waals surface area contributed by atoms with Crippen molar-refractivity contribution in [3.05, 3.63) is 144 Å². The van der Waals surface area contributed by atoms with Crippen LogP contribution in [-0.2, 0) is 16.6 Å². The molecule has 4 aromatic carbocycles. The van der Waals surface area contributed by atoms with E-state index in [0.29, 0.717) is 17.8 Å². The van der Waals surface area contributed by atoms with Crippen molar-refractivity contribution in [2.24, 2.45) is 17.8 Å². The van der Waals surface area contributed by atoms with Crippen molar-refractivity contribution in [3.63, 3.8) is 0 Å². The second kappa shape index (κ2) is 16.1. The summed E-state index contributed by atoms with van der Waals surface area (Å²) in [7, 11) is 0. The summed E-state index contributed by atoms with van der Waals surface area (Å²) < 4.78 is 7.11. The van der Waals surface area contributed by atoms with Gasteiger partial charge in [0.05, 0.1) is 6.10 Å². The fourth-order valence-corrected chi connectivity index (χ4v) is 8.07. The molecule has 1 nitrogen and oxygen atoms in total. The summed E-state index contributed by atoms with van der Waals surface area (Å²) in [6, 6.07) is 44.8.